The molecule has 2 rings (SSSR count). The summed E-state index contributed by atoms with van der Waals surface area (Å²) in [4.78, 5) is 2.50. The first kappa shape index (κ1) is 9.44. The average Bonchev–Trinajstić information content (AvgIpc) is 2.75. The van der Waals surface area contributed by atoms with Gasteiger partial charge in [-0.25, -0.2) is 0 Å². The third-order valence-electron chi connectivity index (χ3n) is 2.97. The summed E-state index contributed by atoms with van der Waals surface area (Å²) in [6.45, 7) is 6.82. The molecule has 0 amide bonds. The zero-order chi connectivity index (χ0) is 8.93. The van der Waals surface area contributed by atoms with Crippen molar-refractivity contribution >= 4 is 0 Å². The van der Waals surface area contributed by atoms with E-state index in [0.29, 0.717) is 6.10 Å². The molecule has 0 bridgehead atoms. The molecule has 0 radical (unpaired) electrons. The van der Waals surface area contributed by atoms with Gasteiger partial charge in [-0.15, -0.1) is 0 Å². The number of nitrogens with zero attached hydrogens (tertiary/aromatic N) is 1. The highest BCUT2D eigenvalue weighted by molar-refractivity contribution is 4.71. The number of likely N-dealkylation sites (tertiary alicyclic amines) is 1. The quantitative estimate of drug-likeness (QED) is 0.687. The first-order chi connectivity index (χ1) is 6.45. The van der Waals surface area contributed by atoms with E-state index in [0.717, 1.165) is 26.2 Å². The molecule has 0 aromatic rings. The molecule has 2 aliphatic heterocycles. The van der Waals surface area contributed by atoms with E-state index in [1.807, 2.05) is 0 Å². The highest BCUT2D eigenvalue weighted by atomic mass is 16.5. The summed E-state index contributed by atoms with van der Waals surface area (Å²) in [5, 5.41) is 3.31. The van der Waals surface area contributed by atoms with Crippen LogP contribution in [0.1, 0.15) is 19.3 Å². The van der Waals surface area contributed by atoms with Crippen LogP contribution in [0.2, 0.25) is 0 Å². The van der Waals surface area contributed by atoms with Gasteiger partial charge in [0, 0.05) is 13.1 Å². The van der Waals surface area contributed by atoms with Crippen LogP contribution in [0.3, 0.4) is 0 Å². The van der Waals surface area contributed by atoms with Crippen LogP contribution < -0.4 is 5.32 Å². The second kappa shape index (κ2) is 4.94. The zero-order valence-corrected chi connectivity index (χ0v) is 8.30. The Bertz CT molecular complexity index is 124. The first-order valence-corrected chi connectivity index (χ1v) is 5.50. The maximum absolute atomic E-state index is 5.76. The van der Waals surface area contributed by atoms with Gasteiger partial charge in [-0.05, 0) is 38.9 Å². The summed E-state index contributed by atoms with van der Waals surface area (Å²) in [7, 11) is 0. The lowest BCUT2D eigenvalue weighted by atomic mass is 10.3. The van der Waals surface area contributed by atoms with Gasteiger partial charge in [0.15, 0.2) is 0 Å². The fourth-order valence-electron chi connectivity index (χ4n) is 2.13. The maximum atomic E-state index is 5.76. The van der Waals surface area contributed by atoms with Gasteiger partial charge >= 0.3 is 0 Å². The second-order valence-corrected chi connectivity index (χ2v) is 4.03. The van der Waals surface area contributed by atoms with E-state index in [1.54, 1.807) is 0 Å². The van der Waals surface area contributed by atoms with E-state index >= 15 is 0 Å². The molecule has 2 fully saturated rings. The predicted molar refractivity (Wildman–Crippen MR) is 52.9 cm³/mol. The van der Waals surface area contributed by atoms with E-state index in [2.05, 4.69) is 10.2 Å². The summed E-state index contributed by atoms with van der Waals surface area (Å²) >= 11 is 0. The van der Waals surface area contributed by atoms with Crippen molar-refractivity contribution in [2.75, 3.05) is 39.3 Å². The van der Waals surface area contributed by atoms with Gasteiger partial charge in [-0.3, -0.25) is 0 Å². The van der Waals surface area contributed by atoms with Crippen molar-refractivity contribution in [2.24, 2.45) is 0 Å². The van der Waals surface area contributed by atoms with Crippen LogP contribution in [0.15, 0.2) is 0 Å². The van der Waals surface area contributed by atoms with Gasteiger partial charge in [-0.1, -0.05) is 0 Å². The highest BCUT2D eigenvalue weighted by Crippen LogP contribution is 2.07. The van der Waals surface area contributed by atoms with Crippen LogP contribution in [0, 0.1) is 0 Å². The third-order valence-corrected chi connectivity index (χ3v) is 2.97. The first-order valence-electron chi connectivity index (χ1n) is 5.50. The van der Waals surface area contributed by atoms with Crippen LogP contribution in [0.4, 0.5) is 0 Å². The van der Waals surface area contributed by atoms with Crippen molar-refractivity contribution in [3.05, 3.63) is 0 Å². The normalized spacial score (nSPS) is 30.0. The minimum absolute atomic E-state index is 0.489. The Morgan fingerprint density at radius 3 is 2.85 bits per heavy atom. The fraction of sp³-hybridized carbons (Fsp3) is 1.00. The number of ether oxygens (including phenoxy) is 1. The average molecular weight is 184 g/mol. The standard InChI is InChI=1S/C10H20N2O/c1-2-6-12(5-1)7-8-13-10-3-4-11-9-10/h10-11H,1-9H2. The summed E-state index contributed by atoms with van der Waals surface area (Å²) in [5.74, 6) is 0. The zero-order valence-electron chi connectivity index (χ0n) is 8.30. The van der Waals surface area contributed by atoms with Crippen LogP contribution in [-0.2, 0) is 4.74 Å². The SMILES string of the molecule is C1CCN(CCOC2CCNC2)C1. The van der Waals surface area contributed by atoms with E-state index in [-0.39, 0.29) is 0 Å². The fourth-order valence-corrected chi connectivity index (χ4v) is 2.13. The van der Waals surface area contributed by atoms with Crippen LogP contribution in [-0.4, -0.2) is 50.3 Å². The highest BCUT2D eigenvalue weighted by Gasteiger charge is 2.15. The van der Waals surface area contributed by atoms with Crippen molar-refractivity contribution in [3.63, 3.8) is 0 Å². The van der Waals surface area contributed by atoms with Crippen molar-refractivity contribution in [2.45, 2.75) is 25.4 Å². The number of nitrogens with one attached hydrogen (secondary N) is 1. The summed E-state index contributed by atoms with van der Waals surface area (Å²) in [6.07, 6.45) is 4.44. The summed E-state index contributed by atoms with van der Waals surface area (Å²) in [5.41, 5.74) is 0. The molecule has 2 saturated heterocycles. The Kier molecular flexibility index (Phi) is 3.58. The molecule has 76 valence electrons. The van der Waals surface area contributed by atoms with Gasteiger partial charge < -0.3 is 15.0 Å². The molecular weight excluding hydrogens is 164 g/mol. The minimum Gasteiger partial charge on any atom is -0.376 e. The molecule has 0 aliphatic carbocycles. The molecule has 0 spiro atoms. The Labute approximate surface area is 80.4 Å². The van der Waals surface area contributed by atoms with E-state index < -0.39 is 0 Å². The van der Waals surface area contributed by atoms with Gasteiger partial charge in [-0.2, -0.15) is 0 Å². The number of hydrogen-bond donors (Lipinski definition) is 1. The molecule has 0 aromatic carbocycles. The molecule has 1 atom stereocenters. The molecule has 0 saturated carbocycles. The molecule has 1 N–H and O–H groups in total. The van der Waals surface area contributed by atoms with E-state index in [9.17, 15) is 0 Å². The lowest BCUT2D eigenvalue weighted by Gasteiger charge is -2.16. The molecule has 2 aliphatic rings. The number of rotatable bonds is 4. The van der Waals surface area contributed by atoms with E-state index in [1.165, 1.54) is 32.4 Å². The molecule has 3 nitrogen and oxygen atoms in total. The molecular formula is C10H20N2O. The van der Waals surface area contributed by atoms with E-state index in [4.69, 9.17) is 4.74 Å². The van der Waals surface area contributed by atoms with Gasteiger partial charge in [0.05, 0.1) is 12.7 Å². The molecule has 2 heterocycles. The largest absolute Gasteiger partial charge is 0.376 e. The predicted octanol–water partition coefficient (Wildman–Crippen LogP) is 0.461. The number of hydrogen-bond acceptors (Lipinski definition) is 3. The molecule has 3 heteroatoms. The Morgan fingerprint density at radius 1 is 1.31 bits per heavy atom. The minimum atomic E-state index is 0.489. The monoisotopic (exact) mass is 184 g/mol. The Balaban J connectivity index is 1.52. The smallest absolute Gasteiger partial charge is 0.0712 e. The summed E-state index contributed by atoms with van der Waals surface area (Å²) < 4.78 is 5.76. The molecule has 13 heavy (non-hydrogen) atoms. The van der Waals surface area contributed by atoms with Gasteiger partial charge in [0.1, 0.15) is 0 Å². The van der Waals surface area contributed by atoms with Crippen LogP contribution in [0.5, 0.6) is 0 Å². The summed E-state index contributed by atoms with van der Waals surface area (Å²) in [6, 6.07) is 0. The lowest BCUT2D eigenvalue weighted by Crippen LogP contribution is -2.27. The van der Waals surface area contributed by atoms with Gasteiger partial charge in [0.25, 0.3) is 0 Å². The van der Waals surface area contributed by atoms with Crippen LogP contribution in [0.25, 0.3) is 0 Å². The van der Waals surface area contributed by atoms with Crippen LogP contribution >= 0.6 is 0 Å². The van der Waals surface area contributed by atoms with Crippen molar-refractivity contribution in [1.29, 1.82) is 0 Å². The molecule has 0 aromatic heterocycles. The Hall–Kier alpha value is -0.120. The topological polar surface area (TPSA) is 24.5 Å². The molecule has 1 unspecified atom stereocenters. The lowest BCUT2D eigenvalue weighted by molar-refractivity contribution is 0.0532. The van der Waals surface area contributed by atoms with Gasteiger partial charge in [0.2, 0.25) is 0 Å². The maximum Gasteiger partial charge on any atom is 0.0712 e. The van der Waals surface area contributed by atoms with Crippen molar-refractivity contribution in [1.82, 2.24) is 10.2 Å². The third kappa shape index (κ3) is 2.93. The Morgan fingerprint density at radius 2 is 2.15 bits per heavy atom. The van der Waals surface area contributed by atoms with Crippen molar-refractivity contribution < 1.29 is 4.74 Å². The second-order valence-electron chi connectivity index (χ2n) is 4.03. The van der Waals surface area contributed by atoms with Crippen molar-refractivity contribution in [3.8, 4) is 0 Å².